The van der Waals surface area contributed by atoms with Crippen molar-refractivity contribution in [2.75, 3.05) is 0 Å². The van der Waals surface area contributed by atoms with E-state index in [1.807, 2.05) is 12.1 Å². The third kappa shape index (κ3) is 4.99. The van der Waals surface area contributed by atoms with Crippen molar-refractivity contribution in [2.24, 2.45) is 5.92 Å². The summed E-state index contributed by atoms with van der Waals surface area (Å²) in [5.74, 6) is 3.35. The van der Waals surface area contributed by atoms with Gasteiger partial charge in [0.05, 0.1) is 6.54 Å². The summed E-state index contributed by atoms with van der Waals surface area (Å²) >= 11 is 0. The van der Waals surface area contributed by atoms with Crippen LogP contribution in [0.2, 0.25) is 0 Å². The van der Waals surface area contributed by atoms with Gasteiger partial charge < -0.3 is 0 Å². The average Bonchev–Trinajstić information content (AvgIpc) is 3.51. The van der Waals surface area contributed by atoms with Crippen molar-refractivity contribution in [3.63, 3.8) is 0 Å². The topological polar surface area (TPSA) is 98.1 Å². The van der Waals surface area contributed by atoms with Crippen LogP contribution in [0, 0.1) is 5.92 Å². The molecule has 170 valence electrons. The molecule has 0 amide bonds. The van der Waals surface area contributed by atoms with Crippen LogP contribution >= 0.6 is 0 Å². The monoisotopic (exact) mass is 442 g/mol. The van der Waals surface area contributed by atoms with Gasteiger partial charge in [-0.15, -0.1) is 10.2 Å². The summed E-state index contributed by atoms with van der Waals surface area (Å²) in [5, 5.41) is 19.3. The molecule has 0 saturated heterocycles. The standard InChI is InChI=1S/C25H30N8/c1-2-7-23-27-22(16-18-8-4-3-5-9-18)30-33(23)17-19-11-13-20(14-12-19)21-10-6-15-26-24(21)25-28-31-32-29-25/h6,10-15,18H,2-5,7-9,16-17H2,1H3,(H,28,29,31,32). The molecule has 0 aliphatic heterocycles. The third-order valence-electron chi connectivity index (χ3n) is 6.42. The smallest absolute Gasteiger partial charge is 0.223 e. The predicted molar refractivity (Wildman–Crippen MR) is 126 cm³/mol. The van der Waals surface area contributed by atoms with Gasteiger partial charge in [0, 0.05) is 24.6 Å². The molecule has 1 saturated carbocycles. The van der Waals surface area contributed by atoms with E-state index in [4.69, 9.17) is 10.1 Å². The molecule has 1 aliphatic carbocycles. The SMILES string of the molecule is CCCc1nc(CC2CCCCC2)nn1Cc1ccc(-c2cccnc2-c2nn[nH]n2)cc1. The molecule has 0 spiro atoms. The van der Waals surface area contributed by atoms with E-state index in [1.54, 1.807) is 6.20 Å². The number of aromatic amines is 1. The van der Waals surface area contributed by atoms with Gasteiger partial charge in [-0.3, -0.25) is 4.98 Å². The molecule has 1 N–H and O–H groups in total. The third-order valence-corrected chi connectivity index (χ3v) is 6.42. The molecule has 0 atom stereocenters. The molecule has 4 aromatic rings. The largest absolute Gasteiger partial charge is 0.252 e. The highest BCUT2D eigenvalue weighted by Gasteiger charge is 2.18. The Hall–Kier alpha value is -3.42. The summed E-state index contributed by atoms with van der Waals surface area (Å²) < 4.78 is 2.10. The number of hydrogen-bond acceptors (Lipinski definition) is 6. The average molecular weight is 443 g/mol. The molecule has 5 rings (SSSR count). The second-order valence-electron chi connectivity index (χ2n) is 8.89. The van der Waals surface area contributed by atoms with Crippen LogP contribution in [-0.4, -0.2) is 40.4 Å². The van der Waals surface area contributed by atoms with Crippen molar-refractivity contribution in [1.82, 2.24) is 40.4 Å². The van der Waals surface area contributed by atoms with Crippen LogP contribution in [0.5, 0.6) is 0 Å². The van der Waals surface area contributed by atoms with Crippen LogP contribution in [0.25, 0.3) is 22.6 Å². The fourth-order valence-electron chi connectivity index (χ4n) is 4.74. The highest BCUT2D eigenvalue weighted by Crippen LogP contribution is 2.28. The number of rotatable bonds is 8. The van der Waals surface area contributed by atoms with Crippen molar-refractivity contribution in [3.05, 3.63) is 59.8 Å². The van der Waals surface area contributed by atoms with E-state index < -0.39 is 0 Å². The van der Waals surface area contributed by atoms with Crippen LogP contribution in [0.3, 0.4) is 0 Å². The molecule has 1 aromatic carbocycles. The number of H-pyrrole nitrogens is 1. The first-order valence-electron chi connectivity index (χ1n) is 12.0. The molecule has 1 aliphatic rings. The van der Waals surface area contributed by atoms with Crippen LogP contribution in [-0.2, 0) is 19.4 Å². The van der Waals surface area contributed by atoms with Crippen LogP contribution in [0.1, 0.15) is 62.7 Å². The Bertz CT molecular complexity index is 1160. The number of nitrogens with zero attached hydrogens (tertiary/aromatic N) is 7. The van der Waals surface area contributed by atoms with Gasteiger partial charge in [0.25, 0.3) is 0 Å². The van der Waals surface area contributed by atoms with E-state index >= 15 is 0 Å². The zero-order chi connectivity index (χ0) is 22.5. The maximum atomic E-state index is 4.92. The first-order valence-corrected chi connectivity index (χ1v) is 12.0. The highest BCUT2D eigenvalue weighted by atomic mass is 15.5. The van der Waals surface area contributed by atoms with Crippen molar-refractivity contribution in [1.29, 1.82) is 0 Å². The van der Waals surface area contributed by atoms with Crippen molar-refractivity contribution < 1.29 is 0 Å². The van der Waals surface area contributed by atoms with Gasteiger partial charge in [-0.25, -0.2) is 9.67 Å². The molecule has 33 heavy (non-hydrogen) atoms. The molecule has 0 unspecified atom stereocenters. The lowest BCUT2D eigenvalue weighted by atomic mass is 9.87. The Morgan fingerprint density at radius 3 is 2.67 bits per heavy atom. The second kappa shape index (κ2) is 10.0. The van der Waals surface area contributed by atoms with Crippen molar-refractivity contribution >= 4 is 0 Å². The number of benzene rings is 1. The van der Waals surface area contributed by atoms with Crippen molar-refractivity contribution in [3.8, 4) is 22.6 Å². The summed E-state index contributed by atoms with van der Waals surface area (Å²) in [6.07, 6.45) is 11.5. The Labute approximate surface area is 193 Å². The minimum atomic E-state index is 0.493. The summed E-state index contributed by atoms with van der Waals surface area (Å²) in [4.78, 5) is 9.38. The van der Waals surface area contributed by atoms with E-state index in [-0.39, 0.29) is 0 Å². The van der Waals surface area contributed by atoms with Crippen LogP contribution in [0.15, 0.2) is 42.6 Å². The fourth-order valence-corrected chi connectivity index (χ4v) is 4.74. The summed E-state index contributed by atoms with van der Waals surface area (Å²) in [6, 6.07) is 12.5. The number of tetrazole rings is 1. The van der Waals surface area contributed by atoms with Gasteiger partial charge in [-0.05, 0) is 34.7 Å². The lowest BCUT2D eigenvalue weighted by molar-refractivity contribution is 0.351. The summed E-state index contributed by atoms with van der Waals surface area (Å²) in [5.41, 5.74) is 3.97. The number of nitrogens with one attached hydrogen (secondary N) is 1. The minimum absolute atomic E-state index is 0.493. The number of hydrogen-bond donors (Lipinski definition) is 1. The van der Waals surface area contributed by atoms with E-state index in [9.17, 15) is 0 Å². The molecule has 1 fully saturated rings. The van der Waals surface area contributed by atoms with Gasteiger partial charge in [0.2, 0.25) is 5.82 Å². The Morgan fingerprint density at radius 1 is 1.06 bits per heavy atom. The van der Waals surface area contributed by atoms with E-state index in [0.29, 0.717) is 11.5 Å². The minimum Gasteiger partial charge on any atom is -0.252 e. The van der Waals surface area contributed by atoms with Crippen LogP contribution in [0.4, 0.5) is 0 Å². The van der Waals surface area contributed by atoms with Crippen molar-refractivity contribution in [2.45, 2.75) is 64.8 Å². The first kappa shape index (κ1) is 21.4. The molecule has 8 nitrogen and oxygen atoms in total. The Morgan fingerprint density at radius 2 is 1.91 bits per heavy atom. The maximum absolute atomic E-state index is 4.92. The number of aryl methyl sites for hydroxylation is 1. The fraction of sp³-hybridized carbons (Fsp3) is 0.440. The quantitative estimate of drug-likeness (QED) is 0.427. The van der Waals surface area contributed by atoms with Gasteiger partial charge in [0.15, 0.2) is 5.82 Å². The van der Waals surface area contributed by atoms with Crippen LogP contribution < -0.4 is 0 Å². The number of pyridine rings is 1. The Balaban J connectivity index is 1.34. The first-order chi connectivity index (χ1) is 16.3. The number of aromatic nitrogens is 8. The van der Waals surface area contributed by atoms with E-state index in [2.05, 4.69) is 61.5 Å². The lowest BCUT2D eigenvalue weighted by Gasteiger charge is -2.19. The summed E-state index contributed by atoms with van der Waals surface area (Å²) in [6.45, 7) is 2.93. The zero-order valence-corrected chi connectivity index (χ0v) is 19.1. The lowest BCUT2D eigenvalue weighted by Crippen LogP contribution is -2.11. The molecular formula is C25H30N8. The maximum Gasteiger partial charge on any atom is 0.223 e. The van der Waals surface area contributed by atoms with Gasteiger partial charge in [0.1, 0.15) is 11.5 Å². The highest BCUT2D eigenvalue weighted by molar-refractivity contribution is 5.77. The molecule has 3 heterocycles. The van der Waals surface area contributed by atoms with Gasteiger partial charge in [-0.2, -0.15) is 10.3 Å². The van der Waals surface area contributed by atoms with E-state index in [1.165, 1.54) is 37.7 Å². The molecule has 0 radical (unpaired) electrons. The second-order valence-corrected chi connectivity index (χ2v) is 8.89. The molecule has 3 aromatic heterocycles. The molecular weight excluding hydrogens is 412 g/mol. The van der Waals surface area contributed by atoms with Gasteiger partial charge in [-0.1, -0.05) is 69.4 Å². The molecule has 0 bridgehead atoms. The predicted octanol–water partition coefficient (Wildman–Crippen LogP) is 4.64. The Kier molecular flexibility index (Phi) is 6.51. The molecule has 8 heteroatoms. The van der Waals surface area contributed by atoms with Gasteiger partial charge >= 0.3 is 0 Å². The van der Waals surface area contributed by atoms with E-state index in [0.717, 1.165) is 54.5 Å². The summed E-state index contributed by atoms with van der Waals surface area (Å²) in [7, 11) is 0. The zero-order valence-electron chi connectivity index (χ0n) is 19.1. The normalized spacial score (nSPS) is 14.6.